The number of amides is 1. The van der Waals surface area contributed by atoms with Crippen molar-refractivity contribution in [3.8, 4) is 0 Å². The summed E-state index contributed by atoms with van der Waals surface area (Å²) in [4.78, 5) is 26.5. The molecule has 9 heteroatoms. The van der Waals surface area contributed by atoms with Gasteiger partial charge < -0.3 is 9.80 Å². The van der Waals surface area contributed by atoms with E-state index in [1.165, 1.54) is 11.6 Å². The molecule has 0 bridgehead atoms. The molecule has 1 amide bonds. The maximum Gasteiger partial charge on any atom is 0.281 e. The first-order valence-electron chi connectivity index (χ1n) is 13.2. The quantitative estimate of drug-likeness (QED) is 0.495. The van der Waals surface area contributed by atoms with Gasteiger partial charge in [-0.25, -0.2) is 14.7 Å². The first kappa shape index (κ1) is 26.2. The van der Waals surface area contributed by atoms with Gasteiger partial charge in [-0.1, -0.05) is 43.3 Å². The van der Waals surface area contributed by atoms with E-state index in [1.54, 1.807) is 24.4 Å². The average Bonchev–Trinajstić information content (AvgIpc) is 3.20. The fraction of sp³-hybridized carbons (Fsp3) is 0.414. The maximum absolute atomic E-state index is 13.3. The van der Waals surface area contributed by atoms with Crippen molar-refractivity contribution in [3.05, 3.63) is 78.0 Å². The number of piperidine rings is 1. The second-order valence-corrected chi connectivity index (χ2v) is 12.7. The highest BCUT2D eigenvalue weighted by Gasteiger charge is 2.39. The summed E-state index contributed by atoms with van der Waals surface area (Å²) in [6, 6.07) is 18.6. The van der Waals surface area contributed by atoms with E-state index >= 15 is 0 Å². The third-order valence-corrected chi connectivity index (χ3v) is 8.82. The molecule has 2 saturated heterocycles. The van der Waals surface area contributed by atoms with Crippen LogP contribution in [0.5, 0.6) is 0 Å². The van der Waals surface area contributed by atoms with Crippen molar-refractivity contribution in [2.75, 3.05) is 29.4 Å². The Hall–Kier alpha value is -3.46. The Morgan fingerprint density at radius 2 is 1.82 bits per heavy atom. The minimum absolute atomic E-state index is 0.175. The number of pyridine rings is 2. The van der Waals surface area contributed by atoms with Crippen LogP contribution in [0.1, 0.15) is 61.9 Å². The lowest BCUT2D eigenvalue weighted by molar-refractivity contribution is 0.0981. The maximum atomic E-state index is 13.3. The van der Waals surface area contributed by atoms with Gasteiger partial charge in [-0.3, -0.25) is 4.79 Å². The zero-order valence-electron chi connectivity index (χ0n) is 22.2. The van der Waals surface area contributed by atoms with E-state index in [0.717, 1.165) is 38.9 Å². The number of hydrogen-bond donors (Lipinski definition) is 1. The highest BCUT2D eigenvalue weighted by molar-refractivity contribution is 7.90. The van der Waals surface area contributed by atoms with Gasteiger partial charge in [0, 0.05) is 37.3 Å². The van der Waals surface area contributed by atoms with Crippen molar-refractivity contribution in [1.82, 2.24) is 14.7 Å². The van der Waals surface area contributed by atoms with Gasteiger partial charge in [0.1, 0.15) is 11.6 Å². The number of aromatic nitrogens is 2. The molecule has 0 aliphatic carbocycles. The lowest BCUT2D eigenvalue weighted by atomic mass is 9.91. The monoisotopic (exact) mass is 533 g/mol. The van der Waals surface area contributed by atoms with Gasteiger partial charge in [0.2, 0.25) is 0 Å². The van der Waals surface area contributed by atoms with E-state index in [-0.39, 0.29) is 16.1 Å². The molecule has 2 aliphatic heterocycles. The topological polar surface area (TPSA) is 95.5 Å². The highest BCUT2D eigenvalue weighted by atomic mass is 32.2. The second kappa shape index (κ2) is 10.4. The standard InChI is InChI=1S/C29H35N5O3S/c1-21-18-29(2,3)34(19-21)27-24(13-8-16-30-27)28(35)32-38(36,37)26-15-7-14-25(31-26)33-17-9-12-23(20-33)22-10-5-4-6-11-22/h4-8,10-11,13-16,21,23H,9,12,17-20H2,1-3H3,(H,32,35). The van der Waals surface area contributed by atoms with E-state index in [1.807, 2.05) is 24.3 Å². The zero-order chi connectivity index (χ0) is 26.9. The van der Waals surface area contributed by atoms with Gasteiger partial charge in [-0.05, 0) is 68.9 Å². The van der Waals surface area contributed by atoms with E-state index in [0.29, 0.717) is 23.5 Å². The summed E-state index contributed by atoms with van der Waals surface area (Å²) in [7, 11) is -4.20. The molecule has 1 N–H and O–H groups in total. The fourth-order valence-electron chi connectivity index (χ4n) is 5.89. The smallest absolute Gasteiger partial charge is 0.281 e. The lowest BCUT2D eigenvalue weighted by Crippen LogP contribution is -2.41. The minimum Gasteiger partial charge on any atom is -0.356 e. The molecule has 2 aliphatic rings. The molecule has 0 radical (unpaired) electrons. The van der Waals surface area contributed by atoms with Gasteiger partial charge in [0.05, 0.1) is 5.56 Å². The van der Waals surface area contributed by atoms with Crippen LogP contribution in [0.2, 0.25) is 0 Å². The first-order chi connectivity index (χ1) is 18.1. The Morgan fingerprint density at radius 1 is 1.03 bits per heavy atom. The van der Waals surface area contributed by atoms with Gasteiger partial charge >= 0.3 is 0 Å². The molecule has 2 unspecified atom stereocenters. The van der Waals surface area contributed by atoms with Crippen molar-refractivity contribution in [3.63, 3.8) is 0 Å². The number of benzene rings is 1. The van der Waals surface area contributed by atoms with Gasteiger partial charge in [0.15, 0.2) is 5.03 Å². The SMILES string of the molecule is CC1CN(c2ncccc2C(=O)NS(=O)(=O)c2cccc(N3CCCC(c4ccccc4)C3)n2)C(C)(C)C1. The summed E-state index contributed by atoms with van der Waals surface area (Å²) >= 11 is 0. The predicted molar refractivity (Wildman–Crippen MR) is 149 cm³/mol. The number of hydrogen-bond acceptors (Lipinski definition) is 7. The Morgan fingerprint density at radius 3 is 2.55 bits per heavy atom. The number of nitrogens with one attached hydrogen (secondary N) is 1. The number of carbonyl (C=O) groups is 1. The number of rotatable bonds is 6. The Bertz CT molecular complexity index is 1410. The number of carbonyl (C=O) groups excluding carboxylic acids is 1. The molecular formula is C29H35N5O3S. The molecule has 2 fully saturated rings. The van der Waals surface area contributed by atoms with Crippen LogP contribution >= 0.6 is 0 Å². The van der Waals surface area contributed by atoms with Crippen LogP contribution in [0.25, 0.3) is 0 Å². The average molecular weight is 534 g/mol. The van der Waals surface area contributed by atoms with Crippen LogP contribution in [0.15, 0.2) is 71.9 Å². The van der Waals surface area contributed by atoms with Crippen LogP contribution in [-0.4, -0.2) is 49.5 Å². The molecule has 4 heterocycles. The molecule has 0 saturated carbocycles. The summed E-state index contributed by atoms with van der Waals surface area (Å²) in [6.45, 7) is 8.70. The third kappa shape index (κ3) is 5.38. The van der Waals surface area contributed by atoms with E-state index in [2.05, 4.69) is 57.4 Å². The van der Waals surface area contributed by atoms with Crippen molar-refractivity contribution in [2.45, 2.75) is 56.5 Å². The molecule has 38 heavy (non-hydrogen) atoms. The molecular weight excluding hydrogens is 498 g/mol. The Balaban J connectivity index is 1.36. The summed E-state index contributed by atoms with van der Waals surface area (Å²) in [5.74, 6) is 1.17. The van der Waals surface area contributed by atoms with Gasteiger partial charge in [0.25, 0.3) is 15.9 Å². The number of anilines is 2. The van der Waals surface area contributed by atoms with Crippen molar-refractivity contribution < 1.29 is 13.2 Å². The van der Waals surface area contributed by atoms with Crippen LogP contribution in [0.3, 0.4) is 0 Å². The molecule has 0 spiro atoms. The van der Waals surface area contributed by atoms with E-state index in [4.69, 9.17) is 0 Å². The molecule has 2 atom stereocenters. The van der Waals surface area contributed by atoms with Gasteiger partial charge in [-0.15, -0.1) is 0 Å². The third-order valence-electron chi connectivity index (χ3n) is 7.59. The van der Waals surface area contributed by atoms with Crippen molar-refractivity contribution in [1.29, 1.82) is 0 Å². The lowest BCUT2D eigenvalue weighted by Gasteiger charge is -2.34. The molecule has 8 nitrogen and oxygen atoms in total. The largest absolute Gasteiger partial charge is 0.356 e. The predicted octanol–water partition coefficient (Wildman–Crippen LogP) is 4.60. The Labute approximate surface area is 225 Å². The molecule has 5 rings (SSSR count). The normalized spacial score (nSPS) is 21.3. The van der Waals surface area contributed by atoms with Crippen molar-refractivity contribution >= 4 is 27.6 Å². The summed E-state index contributed by atoms with van der Waals surface area (Å²) in [5, 5.41) is -0.175. The Kier molecular flexibility index (Phi) is 7.13. The molecule has 3 aromatic rings. The van der Waals surface area contributed by atoms with E-state index < -0.39 is 15.9 Å². The minimum atomic E-state index is -4.20. The van der Waals surface area contributed by atoms with Crippen molar-refractivity contribution in [2.24, 2.45) is 5.92 Å². The molecule has 200 valence electrons. The highest BCUT2D eigenvalue weighted by Crippen LogP contribution is 2.37. The zero-order valence-corrected chi connectivity index (χ0v) is 23.0. The summed E-state index contributed by atoms with van der Waals surface area (Å²) in [6.07, 6.45) is 4.66. The van der Waals surface area contributed by atoms with Crippen LogP contribution in [0, 0.1) is 5.92 Å². The second-order valence-electron chi connectivity index (χ2n) is 11.1. The number of nitrogens with zero attached hydrogens (tertiary/aromatic N) is 4. The van der Waals surface area contributed by atoms with Crippen LogP contribution in [0.4, 0.5) is 11.6 Å². The number of sulfonamides is 1. The van der Waals surface area contributed by atoms with Crippen LogP contribution in [-0.2, 0) is 10.0 Å². The summed E-state index contributed by atoms with van der Waals surface area (Å²) in [5.41, 5.74) is 1.32. The van der Waals surface area contributed by atoms with Crippen LogP contribution < -0.4 is 14.5 Å². The van der Waals surface area contributed by atoms with E-state index in [9.17, 15) is 13.2 Å². The summed E-state index contributed by atoms with van der Waals surface area (Å²) < 4.78 is 28.8. The molecule has 1 aromatic carbocycles. The molecule has 2 aromatic heterocycles. The van der Waals surface area contributed by atoms with Gasteiger partial charge in [-0.2, -0.15) is 8.42 Å². The fourth-order valence-corrected chi connectivity index (χ4v) is 6.82. The first-order valence-corrected chi connectivity index (χ1v) is 14.7.